The number of esters is 1. The first-order valence-corrected chi connectivity index (χ1v) is 10.9. The summed E-state index contributed by atoms with van der Waals surface area (Å²) >= 11 is 5.77. The molecule has 0 aromatic heterocycles. The fraction of sp³-hybridized carbons (Fsp3) is 0.300. The Morgan fingerprint density at radius 2 is 1.72 bits per heavy atom. The maximum absolute atomic E-state index is 12.3. The molecule has 1 aliphatic heterocycles. The summed E-state index contributed by atoms with van der Waals surface area (Å²) in [7, 11) is -3.70. The van der Waals surface area contributed by atoms with Crippen LogP contribution in [0.1, 0.15) is 33.6 Å². The van der Waals surface area contributed by atoms with Gasteiger partial charge in [-0.3, -0.25) is 4.79 Å². The molecule has 1 saturated heterocycles. The molecule has 0 amide bonds. The number of ketones is 1. The van der Waals surface area contributed by atoms with Gasteiger partial charge in [-0.1, -0.05) is 11.6 Å². The fourth-order valence-electron chi connectivity index (χ4n) is 2.80. The average Bonchev–Trinajstić information content (AvgIpc) is 3.25. The molecule has 2 aromatic carbocycles. The van der Waals surface area contributed by atoms with Gasteiger partial charge in [0.05, 0.1) is 16.6 Å². The molecule has 29 heavy (non-hydrogen) atoms. The van der Waals surface area contributed by atoms with Gasteiger partial charge in [-0.05, 0) is 61.4 Å². The van der Waals surface area contributed by atoms with Gasteiger partial charge in [0, 0.05) is 23.7 Å². The highest BCUT2D eigenvalue weighted by Gasteiger charge is 2.21. The van der Waals surface area contributed by atoms with Crippen LogP contribution in [0.3, 0.4) is 0 Å². The molecule has 154 valence electrons. The molecule has 7 nitrogen and oxygen atoms in total. The van der Waals surface area contributed by atoms with Gasteiger partial charge in [-0.15, -0.1) is 0 Å². The number of Topliss-reactive ketones (excluding diaryl/α,β-unsaturated/α-hetero) is 1. The first-order valence-electron chi connectivity index (χ1n) is 9.02. The molecular formula is C20H20ClNO6S. The summed E-state index contributed by atoms with van der Waals surface area (Å²) in [5.74, 6) is -1.09. The standard InChI is InChI=1S/C20H20ClNO6S/c21-16-7-3-14(4-8-16)19(23)13-28-20(24)15-5-9-18(10-6-15)29(25,26)22-12-17-2-1-11-27-17/h3-10,17,22H,1-2,11-13H2. The predicted octanol–water partition coefficient (Wildman–Crippen LogP) is 2.84. The zero-order valence-electron chi connectivity index (χ0n) is 15.5. The van der Waals surface area contributed by atoms with Crippen LogP contribution in [-0.2, 0) is 19.5 Å². The van der Waals surface area contributed by atoms with Gasteiger partial charge in [-0.2, -0.15) is 0 Å². The Balaban J connectivity index is 1.55. The summed E-state index contributed by atoms with van der Waals surface area (Å²) in [6.45, 7) is 0.423. The lowest BCUT2D eigenvalue weighted by atomic mass is 10.1. The van der Waals surface area contributed by atoms with Crippen LogP contribution >= 0.6 is 11.6 Å². The van der Waals surface area contributed by atoms with Gasteiger partial charge >= 0.3 is 5.97 Å². The minimum absolute atomic E-state index is 0.0317. The predicted molar refractivity (Wildman–Crippen MR) is 107 cm³/mol. The van der Waals surface area contributed by atoms with E-state index in [1.165, 1.54) is 24.3 Å². The Morgan fingerprint density at radius 3 is 2.34 bits per heavy atom. The first-order chi connectivity index (χ1) is 13.8. The van der Waals surface area contributed by atoms with Crippen LogP contribution in [0.4, 0.5) is 0 Å². The van der Waals surface area contributed by atoms with Crippen molar-refractivity contribution in [2.45, 2.75) is 23.8 Å². The summed E-state index contributed by atoms with van der Waals surface area (Å²) in [4.78, 5) is 24.2. The summed E-state index contributed by atoms with van der Waals surface area (Å²) in [5.41, 5.74) is 0.521. The van der Waals surface area contributed by atoms with E-state index in [0.717, 1.165) is 12.8 Å². The van der Waals surface area contributed by atoms with Gasteiger partial charge in [-0.25, -0.2) is 17.9 Å². The number of carbonyl (C=O) groups excluding carboxylic acids is 2. The molecule has 1 N–H and O–H groups in total. The molecule has 1 fully saturated rings. The van der Waals surface area contributed by atoms with Crippen molar-refractivity contribution in [2.24, 2.45) is 0 Å². The van der Waals surface area contributed by atoms with Crippen molar-refractivity contribution in [1.29, 1.82) is 0 Å². The maximum atomic E-state index is 12.3. The second kappa shape index (κ2) is 9.49. The van der Waals surface area contributed by atoms with Gasteiger partial charge in [0.1, 0.15) is 0 Å². The lowest BCUT2D eigenvalue weighted by Crippen LogP contribution is -2.31. The smallest absolute Gasteiger partial charge is 0.338 e. The number of hydrogen-bond donors (Lipinski definition) is 1. The van der Waals surface area contributed by atoms with Gasteiger partial charge < -0.3 is 9.47 Å². The zero-order chi connectivity index (χ0) is 20.9. The SMILES string of the molecule is O=C(COC(=O)c1ccc(S(=O)(=O)NCC2CCCO2)cc1)c1ccc(Cl)cc1. The molecular weight excluding hydrogens is 418 g/mol. The fourth-order valence-corrected chi connectivity index (χ4v) is 3.99. The minimum atomic E-state index is -3.70. The van der Waals surface area contributed by atoms with Crippen LogP contribution in [0.5, 0.6) is 0 Å². The summed E-state index contributed by atoms with van der Waals surface area (Å²) in [6.07, 6.45) is 1.63. The third-order valence-corrected chi connectivity index (χ3v) is 6.12. The molecule has 1 unspecified atom stereocenters. The van der Waals surface area contributed by atoms with Crippen LogP contribution < -0.4 is 4.72 Å². The highest BCUT2D eigenvalue weighted by molar-refractivity contribution is 7.89. The zero-order valence-corrected chi connectivity index (χ0v) is 17.0. The van der Waals surface area contributed by atoms with Crippen LogP contribution in [0, 0.1) is 0 Å². The monoisotopic (exact) mass is 437 g/mol. The van der Waals surface area contributed by atoms with Gasteiger partial charge in [0.15, 0.2) is 12.4 Å². The van der Waals surface area contributed by atoms with Crippen LogP contribution in [0.25, 0.3) is 0 Å². The number of rotatable bonds is 8. The second-order valence-corrected chi connectivity index (χ2v) is 8.72. The van der Waals surface area contributed by atoms with E-state index in [4.69, 9.17) is 21.1 Å². The number of nitrogens with one attached hydrogen (secondary N) is 1. The van der Waals surface area contributed by atoms with E-state index >= 15 is 0 Å². The van der Waals surface area contributed by atoms with Crippen molar-refractivity contribution >= 4 is 33.4 Å². The van der Waals surface area contributed by atoms with Crippen LogP contribution in [-0.4, -0.2) is 46.0 Å². The Morgan fingerprint density at radius 1 is 1.07 bits per heavy atom. The molecule has 1 aliphatic rings. The quantitative estimate of drug-likeness (QED) is 0.503. The molecule has 0 aliphatic carbocycles. The Labute approximate surface area is 174 Å². The lowest BCUT2D eigenvalue weighted by molar-refractivity contribution is 0.0474. The highest BCUT2D eigenvalue weighted by atomic mass is 35.5. The van der Waals surface area contributed by atoms with Crippen LogP contribution in [0.2, 0.25) is 5.02 Å². The molecule has 3 rings (SSSR count). The molecule has 0 bridgehead atoms. The number of hydrogen-bond acceptors (Lipinski definition) is 6. The maximum Gasteiger partial charge on any atom is 0.338 e. The summed E-state index contributed by atoms with van der Waals surface area (Å²) in [6, 6.07) is 11.5. The summed E-state index contributed by atoms with van der Waals surface area (Å²) < 4.78 is 37.6. The lowest BCUT2D eigenvalue weighted by Gasteiger charge is -2.11. The Hall–Kier alpha value is -2.26. The average molecular weight is 438 g/mol. The molecule has 0 radical (unpaired) electrons. The van der Waals surface area contributed by atoms with E-state index in [2.05, 4.69) is 4.72 Å². The second-order valence-electron chi connectivity index (χ2n) is 6.52. The van der Waals surface area contributed by atoms with E-state index in [9.17, 15) is 18.0 Å². The van der Waals surface area contributed by atoms with Crippen molar-refractivity contribution in [1.82, 2.24) is 4.72 Å². The van der Waals surface area contributed by atoms with Gasteiger partial charge in [0.2, 0.25) is 10.0 Å². The summed E-state index contributed by atoms with van der Waals surface area (Å²) in [5, 5.41) is 0.499. The van der Waals surface area contributed by atoms with Gasteiger partial charge in [0.25, 0.3) is 0 Å². The van der Waals surface area contributed by atoms with Crippen molar-refractivity contribution in [2.75, 3.05) is 19.8 Å². The van der Waals surface area contributed by atoms with Crippen molar-refractivity contribution in [3.05, 3.63) is 64.7 Å². The number of sulfonamides is 1. The van der Waals surface area contributed by atoms with E-state index < -0.39 is 22.6 Å². The van der Waals surface area contributed by atoms with Crippen molar-refractivity contribution in [3.8, 4) is 0 Å². The third-order valence-electron chi connectivity index (χ3n) is 4.43. The Kier molecular flexibility index (Phi) is 7.02. The van der Waals surface area contributed by atoms with Crippen LogP contribution in [0.15, 0.2) is 53.4 Å². The number of benzene rings is 2. The number of ether oxygens (including phenoxy) is 2. The molecule has 0 saturated carbocycles. The van der Waals surface area contributed by atoms with Crippen molar-refractivity contribution < 1.29 is 27.5 Å². The Bertz CT molecular complexity index is 967. The molecule has 9 heteroatoms. The van der Waals surface area contributed by atoms with E-state index in [1.807, 2.05) is 0 Å². The van der Waals surface area contributed by atoms with E-state index in [1.54, 1.807) is 24.3 Å². The molecule has 0 spiro atoms. The minimum Gasteiger partial charge on any atom is -0.454 e. The normalized spacial score (nSPS) is 16.5. The topological polar surface area (TPSA) is 98.8 Å². The highest BCUT2D eigenvalue weighted by Crippen LogP contribution is 2.15. The number of halogens is 1. The van der Waals surface area contributed by atoms with E-state index in [0.29, 0.717) is 17.2 Å². The first kappa shape index (κ1) is 21.4. The molecule has 1 atom stereocenters. The largest absolute Gasteiger partial charge is 0.454 e. The third kappa shape index (κ3) is 5.86. The molecule has 1 heterocycles. The molecule has 2 aromatic rings. The number of carbonyl (C=O) groups is 2. The van der Waals surface area contributed by atoms with Crippen molar-refractivity contribution in [3.63, 3.8) is 0 Å². The van der Waals surface area contributed by atoms with E-state index in [-0.39, 0.29) is 28.9 Å².